The number of alkyl halides is 6. The third kappa shape index (κ3) is 7.69. The van der Waals surface area contributed by atoms with E-state index in [0.29, 0.717) is 11.1 Å². The molecule has 0 spiro atoms. The van der Waals surface area contributed by atoms with Crippen molar-refractivity contribution in [3.63, 3.8) is 0 Å². The molecule has 0 aliphatic heterocycles. The molecular formula is C30H25F6NO2. The molecular weight excluding hydrogens is 520 g/mol. The molecule has 0 bridgehead atoms. The van der Waals surface area contributed by atoms with Gasteiger partial charge in [0, 0.05) is 17.6 Å². The van der Waals surface area contributed by atoms with Crippen LogP contribution < -0.4 is 14.8 Å². The summed E-state index contributed by atoms with van der Waals surface area (Å²) in [7, 11) is 0. The predicted molar refractivity (Wildman–Crippen MR) is 137 cm³/mol. The first-order chi connectivity index (χ1) is 18.4. The Hall–Kier alpha value is -4.14. The molecule has 9 heteroatoms. The predicted octanol–water partition coefficient (Wildman–Crippen LogP) is 8.43. The fraction of sp³-hybridized carbons (Fsp3) is 0.200. The second-order valence-corrected chi connectivity index (χ2v) is 9.12. The number of ether oxygens (including phenoxy) is 2. The molecule has 0 aliphatic rings. The maximum Gasteiger partial charge on any atom is 0.573 e. The Kier molecular flexibility index (Phi) is 8.09. The van der Waals surface area contributed by atoms with Gasteiger partial charge < -0.3 is 14.8 Å². The summed E-state index contributed by atoms with van der Waals surface area (Å²) >= 11 is 0. The maximum absolute atomic E-state index is 13.1. The van der Waals surface area contributed by atoms with Crippen LogP contribution >= 0.6 is 0 Å². The molecule has 1 N–H and O–H groups in total. The Bertz CT molecular complexity index is 1330. The average molecular weight is 546 g/mol. The zero-order valence-electron chi connectivity index (χ0n) is 20.8. The van der Waals surface area contributed by atoms with E-state index >= 15 is 0 Å². The summed E-state index contributed by atoms with van der Waals surface area (Å²) in [4.78, 5) is 0. The molecule has 0 unspecified atom stereocenters. The van der Waals surface area contributed by atoms with Crippen LogP contribution in [0.4, 0.5) is 32.0 Å². The van der Waals surface area contributed by atoms with Crippen LogP contribution in [0.1, 0.15) is 22.3 Å². The molecule has 4 aromatic carbocycles. The smallest absolute Gasteiger partial charge is 0.406 e. The summed E-state index contributed by atoms with van der Waals surface area (Å²) in [6, 6.07) is 27.7. The van der Waals surface area contributed by atoms with E-state index in [9.17, 15) is 26.3 Å². The fourth-order valence-corrected chi connectivity index (χ4v) is 4.57. The van der Waals surface area contributed by atoms with E-state index < -0.39 is 29.6 Å². The lowest BCUT2D eigenvalue weighted by molar-refractivity contribution is -0.275. The van der Waals surface area contributed by atoms with E-state index in [2.05, 4.69) is 14.8 Å². The van der Waals surface area contributed by atoms with Gasteiger partial charge in [-0.3, -0.25) is 0 Å². The zero-order chi connectivity index (χ0) is 28.1. The third-order valence-electron chi connectivity index (χ3n) is 6.20. The molecule has 39 heavy (non-hydrogen) atoms. The second kappa shape index (κ2) is 11.3. The molecule has 4 aromatic rings. The Labute approximate surface area is 222 Å². The molecule has 0 amide bonds. The van der Waals surface area contributed by atoms with Crippen LogP contribution in [-0.4, -0.2) is 19.3 Å². The fourth-order valence-electron chi connectivity index (χ4n) is 4.57. The molecule has 0 saturated carbocycles. The molecule has 0 aromatic heterocycles. The zero-order valence-corrected chi connectivity index (χ0v) is 20.8. The van der Waals surface area contributed by atoms with E-state index in [0.717, 1.165) is 16.8 Å². The molecule has 3 nitrogen and oxygen atoms in total. The van der Waals surface area contributed by atoms with Gasteiger partial charge in [-0.1, -0.05) is 66.7 Å². The minimum atomic E-state index is -4.92. The monoisotopic (exact) mass is 545 g/mol. The van der Waals surface area contributed by atoms with Crippen molar-refractivity contribution in [2.75, 3.05) is 11.9 Å². The first-order valence-electron chi connectivity index (χ1n) is 12.0. The summed E-state index contributed by atoms with van der Waals surface area (Å²) in [6.45, 7) is 2.05. The number of rotatable bonds is 9. The van der Waals surface area contributed by atoms with Crippen molar-refractivity contribution in [3.8, 4) is 11.5 Å². The minimum absolute atomic E-state index is 0.135. The molecule has 0 radical (unpaired) electrons. The van der Waals surface area contributed by atoms with Gasteiger partial charge in [0.15, 0.2) is 0 Å². The molecule has 0 aliphatic carbocycles. The number of aryl methyl sites for hydroxylation is 1. The van der Waals surface area contributed by atoms with Crippen LogP contribution in [-0.2, 0) is 11.8 Å². The van der Waals surface area contributed by atoms with Gasteiger partial charge in [0.2, 0.25) is 0 Å². The quantitative estimate of drug-likeness (QED) is 0.214. The van der Waals surface area contributed by atoms with Gasteiger partial charge in [-0.05, 0) is 72.0 Å². The number of hydrogen-bond donors (Lipinski definition) is 1. The van der Waals surface area contributed by atoms with Gasteiger partial charge in [0.05, 0.1) is 0 Å². The highest BCUT2D eigenvalue weighted by atomic mass is 19.4. The largest absolute Gasteiger partial charge is 0.573 e. The van der Waals surface area contributed by atoms with Crippen molar-refractivity contribution in [1.29, 1.82) is 0 Å². The lowest BCUT2D eigenvalue weighted by atomic mass is 9.70. The Morgan fingerprint density at radius 1 is 0.615 bits per heavy atom. The van der Waals surface area contributed by atoms with Crippen LogP contribution in [0.3, 0.4) is 0 Å². The van der Waals surface area contributed by atoms with Gasteiger partial charge in [-0.25, -0.2) is 0 Å². The van der Waals surface area contributed by atoms with E-state index in [4.69, 9.17) is 0 Å². The van der Waals surface area contributed by atoms with E-state index in [-0.39, 0.29) is 13.0 Å². The molecule has 0 saturated heterocycles. The first kappa shape index (κ1) is 27.9. The highest BCUT2D eigenvalue weighted by molar-refractivity contribution is 5.52. The second-order valence-electron chi connectivity index (χ2n) is 9.12. The van der Waals surface area contributed by atoms with Crippen LogP contribution in [0.15, 0.2) is 103 Å². The van der Waals surface area contributed by atoms with Gasteiger partial charge in [0.25, 0.3) is 0 Å². The Morgan fingerprint density at radius 2 is 1.15 bits per heavy atom. The Morgan fingerprint density at radius 3 is 1.67 bits per heavy atom. The van der Waals surface area contributed by atoms with Crippen molar-refractivity contribution in [3.05, 3.63) is 125 Å². The number of nitrogens with one attached hydrogen (secondary N) is 1. The summed E-state index contributed by atoms with van der Waals surface area (Å²) in [5.41, 5.74) is 2.25. The maximum atomic E-state index is 13.1. The van der Waals surface area contributed by atoms with Gasteiger partial charge in [-0.2, -0.15) is 0 Å². The molecule has 0 heterocycles. The highest BCUT2D eigenvalue weighted by Gasteiger charge is 2.38. The highest BCUT2D eigenvalue weighted by Crippen LogP contribution is 2.40. The van der Waals surface area contributed by atoms with Gasteiger partial charge >= 0.3 is 12.7 Å². The van der Waals surface area contributed by atoms with Crippen LogP contribution in [0.25, 0.3) is 0 Å². The summed E-state index contributed by atoms with van der Waals surface area (Å²) in [5.74, 6) is -0.869. The molecule has 4 rings (SSSR count). The van der Waals surface area contributed by atoms with E-state index in [1.807, 2.05) is 61.5 Å². The first-order valence-corrected chi connectivity index (χ1v) is 12.0. The van der Waals surface area contributed by atoms with Crippen molar-refractivity contribution in [1.82, 2.24) is 0 Å². The summed E-state index contributed by atoms with van der Waals surface area (Å²) in [5, 5.41) is 3.35. The van der Waals surface area contributed by atoms with Crippen LogP contribution in [0.2, 0.25) is 0 Å². The standard InChI is InChI=1S/C30H25F6NO2/c1-21-8-5-13-25(16-21)37-20-28(19-22-9-3-2-4-10-22,23-11-6-14-26(17-23)38-29(31,32)33)24-12-7-15-27(18-24)39-30(34,35)36/h2-18,37H,19-20H2,1H3. The number of anilines is 1. The molecule has 0 fully saturated rings. The van der Waals surface area contributed by atoms with Crippen molar-refractivity contribution in [2.45, 2.75) is 31.5 Å². The van der Waals surface area contributed by atoms with E-state index in [1.54, 1.807) is 12.1 Å². The lowest BCUT2D eigenvalue weighted by Gasteiger charge is -2.36. The normalized spacial score (nSPS) is 12.2. The van der Waals surface area contributed by atoms with Crippen molar-refractivity contribution < 1.29 is 35.8 Å². The van der Waals surface area contributed by atoms with Crippen molar-refractivity contribution in [2.24, 2.45) is 0 Å². The number of halogens is 6. The van der Waals surface area contributed by atoms with Gasteiger partial charge in [0.1, 0.15) is 11.5 Å². The number of benzene rings is 4. The average Bonchev–Trinajstić information content (AvgIpc) is 2.85. The summed E-state index contributed by atoms with van der Waals surface area (Å²) in [6.07, 6.45) is -9.58. The van der Waals surface area contributed by atoms with Crippen LogP contribution in [0.5, 0.6) is 11.5 Å². The molecule has 204 valence electrons. The van der Waals surface area contributed by atoms with Gasteiger partial charge in [-0.15, -0.1) is 26.3 Å². The van der Waals surface area contributed by atoms with E-state index in [1.165, 1.54) is 36.4 Å². The lowest BCUT2D eigenvalue weighted by Crippen LogP contribution is -2.38. The minimum Gasteiger partial charge on any atom is -0.406 e. The SMILES string of the molecule is Cc1cccc(NCC(Cc2ccccc2)(c2cccc(OC(F)(F)F)c2)c2cccc(OC(F)(F)F)c2)c1. The third-order valence-corrected chi connectivity index (χ3v) is 6.20. The summed E-state index contributed by atoms with van der Waals surface area (Å²) < 4.78 is 87.0. The Balaban J connectivity index is 1.90. The van der Waals surface area contributed by atoms with Crippen molar-refractivity contribution >= 4 is 5.69 Å². The topological polar surface area (TPSA) is 30.5 Å². The number of hydrogen-bond acceptors (Lipinski definition) is 3. The van der Waals surface area contributed by atoms with Crippen LogP contribution in [0, 0.1) is 6.92 Å². The molecule has 0 atom stereocenters.